The van der Waals surface area contributed by atoms with Crippen LogP contribution in [0.25, 0.3) is 0 Å². The van der Waals surface area contributed by atoms with Crippen LogP contribution in [0.15, 0.2) is 41.8 Å². The molecule has 1 atom stereocenters. The Balaban J connectivity index is 2.25. The minimum atomic E-state index is -0.769. The maximum atomic E-state index is 12.3. The van der Waals surface area contributed by atoms with Crippen molar-refractivity contribution in [1.29, 1.82) is 0 Å². The minimum Gasteiger partial charge on any atom is -0.394 e. The van der Waals surface area contributed by atoms with E-state index in [1.807, 2.05) is 55.6 Å². The molecule has 3 nitrogen and oxygen atoms in total. The summed E-state index contributed by atoms with van der Waals surface area (Å²) in [6, 6.07) is 11.4. The quantitative estimate of drug-likeness (QED) is 0.901. The molecule has 0 saturated heterocycles. The Morgan fingerprint density at radius 1 is 1.32 bits per heavy atom. The molecule has 4 heteroatoms. The Kier molecular flexibility index (Phi) is 4.02. The van der Waals surface area contributed by atoms with Crippen LogP contribution in [0.3, 0.4) is 0 Å². The topological polar surface area (TPSA) is 49.3 Å². The van der Waals surface area contributed by atoms with Gasteiger partial charge in [0.1, 0.15) is 0 Å². The molecule has 0 fully saturated rings. The van der Waals surface area contributed by atoms with Crippen molar-refractivity contribution in [2.24, 2.45) is 0 Å². The molecule has 2 rings (SSSR count). The van der Waals surface area contributed by atoms with Crippen molar-refractivity contribution in [3.8, 4) is 0 Å². The molecule has 1 amide bonds. The third-order valence-corrected chi connectivity index (χ3v) is 4.20. The maximum Gasteiger partial charge on any atom is 0.262 e. The van der Waals surface area contributed by atoms with Gasteiger partial charge in [0.15, 0.2) is 0 Å². The summed E-state index contributed by atoms with van der Waals surface area (Å²) in [4.78, 5) is 13.0. The van der Waals surface area contributed by atoms with Gasteiger partial charge in [-0.3, -0.25) is 4.79 Å². The first-order chi connectivity index (χ1) is 9.07. The van der Waals surface area contributed by atoms with Gasteiger partial charge >= 0.3 is 0 Å². The fourth-order valence-corrected chi connectivity index (χ4v) is 2.74. The van der Waals surface area contributed by atoms with Gasteiger partial charge in [0, 0.05) is 0 Å². The zero-order valence-corrected chi connectivity index (χ0v) is 11.8. The second-order valence-corrected chi connectivity index (χ2v) is 5.66. The summed E-state index contributed by atoms with van der Waals surface area (Å²) in [7, 11) is 0. The number of aliphatic hydroxyl groups excluding tert-OH is 1. The highest BCUT2D eigenvalue weighted by Crippen LogP contribution is 2.22. The predicted molar refractivity (Wildman–Crippen MR) is 77.4 cm³/mol. The van der Waals surface area contributed by atoms with Gasteiger partial charge in [-0.2, -0.15) is 0 Å². The molecule has 0 aliphatic rings. The van der Waals surface area contributed by atoms with Crippen LogP contribution in [0.5, 0.6) is 0 Å². The molecule has 1 heterocycles. The van der Waals surface area contributed by atoms with Gasteiger partial charge in [-0.1, -0.05) is 30.3 Å². The highest BCUT2D eigenvalue weighted by molar-refractivity contribution is 7.12. The van der Waals surface area contributed by atoms with E-state index in [2.05, 4.69) is 5.32 Å². The van der Waals surface area contributed by atoms with Gasteiger partial charge in [-0.05, 0) is 36.4 Å². The monoisotopic (exact) mass is 275 g/mol. The van der Waals surface area contributed by atoms with Crippen molar-refractivity contribution in [3.63, 3.8) is 0 Å². The summed E-state index contributed by atoms with van der Waals surface area (Å²) in [5.74, 6) is -0.145. The number of benzene rings is 1. The molecule has 100 valence electrons. The Bertz CT molecular complexity index is 565. The number of hydrogen-bond donors (Lipinski definition) is 2. The van der Waals surface area contributed by atoms with E-state index in [4.69, 9.17) is 0 Å². The molecule has 1 unspecified atom stereocenters. The third-order valence-electron chi connectivity index (χ3n) is 3.18. The highest BCUT2D eigenvalue weighted by atomic mass is 32.1. The smallest absolute Gasteiger partial charge is 0.262 e. The van der Waals surface area contributed by atoms with Crippen molar-refractivity contribution in [2.75, 3.05) is 6.61 Å². The minimum absolute atomic E-state index is 0.145. The SMILES string of the molecule is Cc1ccsc1C(=O)NC(C)(CO)c1ccccc1. The number of rotatable bonds is 4. The van der Waals surface area contributed by atoms with E-state index >= 15 is 0 Å². The van der Waals surface area contributed by atoms with Crippen LogP contribution in [0.4, 0.5) is 0 Å². The van der Waals surface area contributed by atoms with Crippen LogP contribution < -0.4 is 5.32 Å². The van der Waals surface area contributed by atoms with Gasteiger partial charge in [-0.15, -0.1) is 11.3 Å². The van der Waals surface area contributed by atoms with Crippen LogP contribution in [0.1, 0.15) is 27.7 Å². The van der Waals surface area contributed by atoms with E-state index in [1.165, 1.54) is 11.3 Å². The van der Waals surface area contributed by atoms with Crippen molar-refractivity contribution < 1.29 is 9.90 Å². The van der Waals surface area contributed by atoms with Crippen LogP contribution >= 0.6 is 11.3 Å². The second kappa shape index (κ2) is 5.55. The number of nitrogens with one attached hydrogen (secondary N) is 1. The largest absolute Gasteiger partial charge is 0.394 e. The summed E-state index contributed by atoms with van der Waals surface area (Å²) in [5.41, 5.74) is 1.07. The van der Waals surface area contributed by atoms with Crippen molar-refractivity contribution in [1.82, 2.24) is 5.32 Å². The maximum absolute atomic E-state index is 12.3. The number of aryl methyl sites for hydroxylation is 1. The lowest BCUT2D eigenvalue weighted by Gasteiger charge is -2.29. The Morgan fingerprint density at radius 3 is 2.53 bits per heavy atom. The molecule has 1 aromatic carbocycles. The molecular weight excluding hydrogens is 258 g/mol. The molecule has 0 saturated carbocycles. The first kappa shape index (κ1) is 13.8. The number of thiophene rings is 1. The fourth-order valence-electron chi connectivity index (χ4n) is 1.92. The second-order valence-electron chi connectivity index (χ2n) is 4.74. The van der Waals surface area contributed by atoms with E-state index in [-0.39, 0.29) is 12.5 Å². The van der Waals surface area contributed by atoms with Gasteiger partial charge in [-0.25, -0.2) is 0 Å². The summed E-state index contributed by atoms with van der Waals surface area (Å²) < 4.78 is 0. The number of aliphatic hydroxyl groups is 1. The molecule has 0 aliphatic heterocycles. The van der Waals surface area contributed by atoms with Gasteiger partial charge in [0.25, 0.3) is 5.91 Å². The van der Waals surface area contributed by atoms with Crippen LogP contribution in [-0.2, 0) is 5.54 Å². The first-order valence-corrected chi connectivity index (χ1v) is 6.98. The third kappa shape index (κ3) is 2.85. The molecule has 1 aromatic heterocycles. The van der Waals surface area contributed by atoms with E-state index in [0.29, 0.717) is 4.88 Å². The van der Waals surface area contributed by atoms with Gasteiger partial charge in [0.05, 0.1) is 17.0 Å². The highest BCUT2D eigenvalue weighted by Gasteiger charge is 2.28. The molecule has 0 bridgehead atoms. The van der Waals surface area contributed by atoms with E-state index in [9.17, 15) is 9.90 Å². The van der Waals surface area contributed by atoms with Crippen molar-refractivity contribution in [3.05, 3.63) is 57.8 Å². The normalized spacial score (nSPS) is 13.8. The molecule has 2 aromatic rings. The average Bonchev–Trinajstić information content (AvgIpc) is 2.86. The number of carbonyl (C=O) groups excluding carboxylic acids is 1. The number of hydrogen-bond acceptors (Lipinski definition) is 3. The molecular formula is C15H17NO2S. The summed E-state index contributed by atoms with van der Waals surface area (Å²) in [5, 5.41) is 14.5. The van der Waals surface area contributed by atoms with Crippen LogP contribution in [0, 0.1) is 6.92 Å². The lowest BCUT2D eigenvalue weighted by Crippen LogP contribution is -2.46. The fraction of sp³-hybridized carbons (Fsp3) is 0.267. The Hall–Kier alpha value is -1.65. The lowest BCUT2D eigenvalue weighted by molar-refractivity contribution is 0.0853. The predicted octanol–water partition coefficient (Wildman–Crippen LogP) is 2.69. The summed E-state index contributed by atoms with van der Waals surface area (Å²) >= 11 is 1.41. The zero-order valence-electron chi connectivity index (χ0n) is 11.0. The van der Waals surface area contributed by atoms with Crippen molar-refractivity contribution >= 4 is 17.2 Å². The number of amides is 1. The molecule has 0 aliphatic carbocycles. The van der Waals surface area contributed by atoms with E-state index < -0.39 is 5.54 Å². The molecule has 0 spiro atoms. The average molecular weight is 275 g/mol. The van der Waals surface area contributed by atoms with Gasteiger partial charge in [0.2, 0.25) is 0 Å². The molecule has 2 N–H and O–H groups in total. The van der Waals surface area contributed by atoms with Gasteiger partial charge < -0.3 is 10.4 Å². The molecule has 0 radical (unpaired) electrons. The standard InChI is InChI=1S/C15H17NO2S/c1-11-8-9-19-13(11)14(18)16-15(2,10-17)12-6-4-3-5-7-12/h3-9,17H,10H2,1-2H3,(H,16,18). The van der Waals surface area contributed by atoms with E-state index in [0.717, 1.165) is 11.1 Å². The first-order valence-electron chi connectivity index (χ1n) is 6.10. The van der Waals surface area contributed by atoms with E-state index in [1.54, 1.807) is 0 Å². The Labute approximate surface area is 116 Å². The lowest BCUT2D eigenvalue weighted by atomic mass is 9.93. The van der Waals surface area contributed by atoms with Crippen molar-refractivity contribution in [2.45, 2.75) is 19.4 Å². The summed E-state index contributed by atoms with van der Waals surface area (Å²) in [6.45, 7) is 3.58. The Morgan fingerprint density at radius 2 is 2.00 bits per heavy atom. The number of carbonyl (C=O) groups is 1. The molecule has 19 heavy (non-hydrogen) atoms. The summed E-state index contributed by atoms with van der Waals surface area (Å²) in [6.07, 6.45) is 0. The van der Waals surface area contributed by atoms with Crippen LogP contribution in [0.2, 0.25) is 0 Å². The van der Waals surface area contributed by atoms with Crippen LogP contribution in [-0.4, -0.2) is 17.6 Å². The zero-order chi connectivity index (χ0) is 13.9.